The van der Waals surface area contributed by atoms with Crippen LogP contribution in [-0.2, 0) is 0 Å². The minimum atomic E-state index is 0.289. The number of aromatic nitrogens is 5. The molecule has 7 nitrogen and oxygen atoms in total. The first-order valence-corrected chi connectivity index (χ1v) is 5.41. The van der Waals surface area contributed by atoms with Crippen molar-refractivity contribution in [3.8, 4) is 5.82 Å². The van der Waals surface area contributed by atoms with Gasteiger partial charge >= 0.3 is 0 Å². The normalized spacial score (nSPS) is 10.8. The summed E-state index contributed by atoms with van der Waals surface area (Å²) in [6.07, 6.45) is 1.59. The Hall–Kier alpha value is -2.18. The third-order valence-electron chi connectivity index (χ3n) is 2.08. The maximum absolute atomic E-state index is 5.76. The molecule has 2 aromatic rings. The molecule has 0 atom stereocenters. The van der Waals surface area contributed by atoms with E-state index in [1.807, 2.05) is 0 Å². The van der Waals surface area contributed by atoms with Gasteiger partial charge in [-0.25, -0.2) is 0 Å². The molecule has 0 saturated heterocycles. The van der Waals surface area contributed by atoms with E-state index in [2.05, 4.69) is 39.4 Å². The summed E-state index contributed by atoms with van der Waals surface area (Å²) in [7, 11) is 0. The highest BCUT2D eigenvalue weighted by Gasteiger charge is 2.09. The molecule has 0 aliphatic rings. The Kier molecular flexibility index (Phi) is 3.17. The van der Waals surface area contributed by atoms with E-state index >= 15 is 0 Å². The number of nitrogen functional groups attached to an aromatic ring is 1. The molecule has 17 heavy (non-hydrogen) atoms. The van der Waals surface area contributed by atoms with Gasteiger partial charge in [0, 0.05) is 12.7 Å². The molecule has 0 saturated carbocycles. The van der Waals surface area contributed by atoms with E-state index in [1.165, 1.54) is 4.68 Å². The fraction of sp³-hybridized carbons (Fsp3) is 0.400. The van der Waals surface area contributed by atoms with Crippen molar-refractivity contribution in [3.63, 3.8) is 0 Å². The maximum Gasteiger partial charge on any atom is 0.244 e. The topological polar surface area (TPSA) is 94.5 Å². The molecule has 0 spiro atoms. The van der Waals surface area contributed by atoms with Gasteiger partial charge in [0.05, 0.1) is 0 Å². The Labute approximate surface area is 99.1 Å². The Bertz CT molecular complexity index is 477. The van der Waals surface area contributed by atoms with Gasteiger partial charge in [-0.3, -0.25) is 0 Å². The highest BCUT2D eigenvalue weighted by atomic mass is 15.4. The predicted octanol–water partition coefficient (Wildman–Crippen LogP) is 0.707. The van der Waals surface area contributed by atoms with Gasteiger partial charge in [-0.1, -0.05) is 13.8 Å². The number of hydrogen-bond acceptors (Lipinski definition) is 6. The van der Waals surface area contributed by atoms with Crippen LogP contribution in [0, 0.1) is 5.92 Å². The Morgan fingerprint density at radius 1 is 1.47 bits per heavy atom. The van der Waals surface area contributed by atoms with E-state index < -0.39 is 0 Å². The predicted molar refractivity (Wildman–Crippen MR) is 64.7 cm³/mol. The lowest BCUT2D eigenvalue weighted by molar-refractivity contribution is 0.683. The summed E-state index contributed by atoms with van der Waals surface area (Å²) in [6.45, 7) is 5.01. The first-order chi connectivity index (χ1) is 8.16. The molecule has 2 heterocycles. The highest BCUT2D eigenvalue weighted by Crippen LogP contribution is 2.10. The average molecular weight is 233 g/mol. The first kappa shape index (κ1) is 11.3. The molecule has 0 unspecified atom stereocenters. The Morgan fingerprint density at radius 2 is 2.29 bits per heavy atom. The zero-order chi connectivity index (χ0) is 12.3. The molecule has 0 fully saturated rings. The number of anilines is 2. The summed E-state index contributed by atoms with van der Waals surface area (Å²) in [4.78, 5) is 4.11. The first-order valence-electron chi connectivity index (χ1n) is 5.41. The Balaban J connectivity index is 2.20. The van der Waals surface area contributed by atoms with Gasteiger partial charge in [0.2, 0.25) is 11.9 Å². The lowest BCUT2D eigenvalue weighted by atomic mass is 10.2. The zero-order valence-corrected chi connectivity index (χ0v) is 9.83. The third-order valence-corrected chi connectivity index (χ3v) is 2.08. The van der Waals surface area contributed by atoms with Gasteiger partial charge in [-0.15, -0.1) is 10.2 Å². The smallest absolute Gasteiger partial charge is 0.244 e. The second kappa shape index (κ2) is 4.77. The van der Waals surface area contributed by atoms with Crippen molar-refractivity contribution in [1.29, 1.82) is 0 Å². The van der Waals surface area contributed by atoms with Crippen molar-refractivity contribution in [2.24, 2.45) is 5.92 Å². The summed E-state index contributed by atoms with van der Waals surface area (Å²) in [5.74, 6) is 1.85. The molecular formula is C10H15N7. The quantitative estimate of drug-likeness (QED) is 0.807. The summed E-state index contributed by atoms with van der Waals surface area (Å²) in [6, 6.07) is 3.54. The van der Waals surface area contributed by atoms with E-state index in [4.69, 9.17) is 5.73 Å². The molecule has 0 bridgehead atoms. The van der Waals surface area contributed by atoms with Crippen LogP contribution < -0.4 is 11.1 Å². The average Bonchev–Trinajstić information content (AvgIpc) is 2.69. The van der Waals surface area contributed by atoms with Crippen molar-refractivity contribution in [1.82, 2.24) is 25.0 Å². The van der Waals surface area contributed by atoms with Crippen molar-refractivity contribution in [3.05, 3.63) is 18.3 Å². The molecule has 0 aromatic carbocycles. The van der Waals surface area contributed by atoms with Crippen LogP contribution in [0.15, 0.2) is 18.3 Å². The molecule has 2 rings (SSSR count). The molecule has 0 radical (unpaired) electrons. The molecule has 3 N–H and O–H groups in total. The highest BCUT2D eigenvalue weighted by molar-refractivity contribution is 5.37. The van der Waals surface area contributed by atoms with E-state index in [0.29, 0.717) is 17.7 Å². The second-order valence-electron chi connectivity index (χ2n) is 4.06. The molecule has 0 aliphatic heterocycles. The van der Waals surface area contributed by atoms with E-state index in [1.54, 1.807) is 18.3 Å². The van der Waals surface area contributed by atoms with Gasteiger partial charge in [0.15, 0.2) is 5.82 Å². The summed E-state index contributed by atoms with van der Waals surface area (Å²) < 4.78 is 1.45. The molecule has 0 amide bonds. The van der Waals surface area contributed by atoms with Crippen LogP contribution in [0.4, 0.5) is 11.9 Å². The zero-order valence-electron chi connectivity index (χ0n) is 9.83. The maximum atomic E-state index is 5.76. The van der Waals surface area contributed by atoms with Crippen LogP contribution >= 0.6 is 0 Å². The number of rotatable bonds is 4. The number of nitrogens with zero attached hydrogens (tertiary/aromatic N) is 5. The summed E-state index contributed by atoms with van der Waals surface area (Å²) in [5.41, 5.74) is 5.76. The lowest BCUT2D eigenvalue weighted by Gasteiger charge is -2.03. The number of nitrogens with two attached hydrogens (primary N) is 1. The van der Waals surface area contributed by atoms with Crippen molar-refractivity contribution >= 4 is 11.9 Å². The van der Waals surface area contributed by atoms with E-state index in [-0.39, 0.29) is 5.95 Å². The molecular weight excluding hydrogens is 218 g/mol. The van der Waals surface area contributed by atoms with Crippen molar-refractivity contribution in [2.75, 3.05) is 17.6 Å². The monoisotopic (exact) mass is 233 g/mol. The van der Waals surface area contributed by atoms with Crippen LogP contribution in [0.1, 0.15) is 13.8 Å². The molecule has 0 aliphatic carbocycles. The van der Waals surface area contributed by atoms with Crippen LogP contribution in [0.2, 0.25) is 0 Å². The van der Waals surface area contributed by atoms with Crippen LogP contribution in [-0.4, -0.2) is 31.5 Å². The second-order valence-corrected chi connectivity index (χ2v) is 4.06. The largest absolute Gasteiger partial charge is 0.368 e. The minimum Gasteiger partial charge on any atom is -0.368 e. The van der Waals surface area contributed by atoms with Crippen molar-refractivity contribution < 1.29 is 0 Å². The Morgan fingerprint density at radius 3 is 2.94 bits per heavy atom. The van der Waals surface area contributed by atoms with Gasteiger partial charge in [0.25, 0.3) is 0 Å². The number of hydrogen-bond donors (Lipinski definition) is 2. The van der Waals surface area contributed by atoms with Gasteiger partial charge < -0.3 is 11.1 Å². The third kappa shape index (κ3) is 2.68. The molecule has 90 valence electrons. The molecule has 7 heteroatoms. The van der Waals surface area contributed by atoms with Gasteiger partial charge in [-0.05, 0) is 18.1 Å². The van der Waals surface area contributed by atoms with Crippen LogP contribution in [0.3, 0.4) is 0 Å². The van der Waals surface area contributed by atoms with E-state index in [9.17, 15) is 0 Å². The fourth-order valence-electron chi connectivity index (χ4n) is 1.27. The lowest BCUT2D eigenvalue weighted by Crippen LogP contribution is -2.09. The standard InChI is InChI=1S/C10H15N7/c1-7(2)6-12-10-14-9(11)17(16-10)8-4-3-5-13-15-8/h3-5,7H,6H2,1-2H3,(H3,11,12,14,16). The SMILES string of the molecule is CC(C)CNc1nc(N)n(-c2cccnn2)n1. The molecule has 2 aromatic heterocycles. The van der Waals surface area contributed by atoms with Crippen LogP contribution in [0.5, 0.6) is 0 Å². The summed E-state index contributed by atoms with van der Waals surface area (Å²) >= 11 is 0. The van der Waals surface area contributed by atoms with Crippen molar-refractivity contribution in [2.45, 2.75) is 13.8 Å². The summed E-state index contributed by atoms with van der Waals surface area (Å²) in [5, 5.41) is 15.0. The number of nitrogens with one attached hydrogen (secondary N) is 1. The van der Waals surface area contributed by atoms with Gasteiger partial charge in [0.1, 0.15) is 0 Å². The van der Waals surface area contributed by atoms with Gasteiger partial charge in [-0.2, -0.15) is 14.8 Å². The van der Waals surface area contributed by atoms with Crippen LogP contribution in [0.25, 0.3) is 5.82 Å². The van der Waals surface area contributed by atoms with E-state index in [0.717, 1.165) is 6.54 Å². The fourth-order valence-corrected chi connectivity index (χ4v) is 1.27. The minimum absolute atomic E-state index is 0.289.